The molecule has 0 bridgehead atoms. The number of benzene rings is 1. The summed E-state index contributed by atoms with van der Waals surface area (Å²) in [5, 5.41) is 3.37. The van der Waals surface area contributed by atoms with Crippen LogP contribution in [0.25, 0.3) is 0 Å². The summed E-state index contributed by atoms with van der Waals surface area (Å²) >= 11 is 0. The van der Waals surface area contributed by atoms with E-state index < -0.39 is 0 Å². The lowest BCUT2D eigenvalue weighted by Gasteiger charge is -2.32. The van der Waals surface area contributed by atoms with Gasteiger partial charge in [0.2, 0.25) is 5.91 Å². The van der Waals surface area contributed by atoms with E-state index in [1.165, 1.54) is 17.5 Å². The van der Waals surface area contributed by atoms with Crippen molar-refractivity contribution in [3.05, 3.63) is 35.4 Å². The van der Waals surface area contributed by atoms with Gasteiger partial charge in [-0.15, -0.1) is 0 Å². The highest BCUT2D eigenvalue weighted by Crippen LogP contribution is 2.19. The topological polar surface area (TPSA) is 32.3 Å². The van der Waals surface area contributed by atoms with Crippen molar-refractivity contribution in [1.29, 1.82) is 0 Å². The van der Waals surface area contributed by atoms with Gasteiger partial charge in [0, 0.05) is 13.6 Å². The Morgan fingerprint density at radius 2 is 2.00 bits per heavy atom. The van der Waals surface area contributed by atoms with Crippen LogP contribution >= 0.6 is 0 Å². The Kier molecular flexibility index (Phi) is 5.40. The molecule has 2 rings (SSSR count). The third kappa shape index (κ3) is 4.07. The van der Waals surface area contributed by atoms with E-state index >= 15 is 0 Å². The van der Waals surface area contributed by atoms with E-state index in [9.17, 15) is 4.79 Å². The summed E-state index contributed by atoms with van der Waals surface area (Å²) in [7, 11) is 1.90. The number of likely N-dealkylation sites (N-methyl/N-ethyl adjacent to an activating group) is 1. The van der Waals surface area contributed by atoms with Crippen molar-refractivity contribution in [3.8, 4) is 0 Å². The molecule has 1 aliphatic heterocycles. The standard InChI is InChI=1S/C18H28N2O/c1-13(2)16-9-7-15(8-10-16)12-20(4)18(21)17-14(3)6-5-11-19-17/h7-10,13-14,17,19H,5-6,11-12H2,1-4H3. The Morgan fingerprint density at radius 3 is 2.57 bits per heavy atom. The van der Waals surface area contributed by atoms with E-state index in [4.69, 9.17) is 0 Å². The second-order valence-corrected chi connectivity index (χ2v) is 6.64. The molecule has 1 fully saturated rings. The van der Waals surface area contributed by atoms with Crippen LogP contribution in [0.2, 0.25) is 0 Å². The Balaban J connectivity index is 1.96. The summed E-state index contributed by atoms with van der Waals surface area (Å²) in [6, 6.07) is 8.59. The van der Waals surface area contributed by atoms with E-state index in [0.717, 1.165) is 13.0 Å². The molecule has 116 valence electrons. The van der Waals surface area contributed by atoms with Crippen molar-refractivity contribution in [2.45, 2.75) is 52.1 Å². The van der Waals surface area contributed by atoms with Gasteiger partial charge in [0.1, 0.15) is 0 Å². The van der Waals surface area contributed by atoms with E-state index in [1.54, 1.807) is 0 Å². The van der Waals surface area contributed by atoms with Crippen LogP contribution in [0.4, 0.5) is 0 Å². The zero-order chi connectivity index (χ0) is 15.4. The minimum absolute atomic E-state index is 0.0151. The lowest BCUT2D eigenvalue weighted by atomic mass is 9.92. The SMILES string of the molecule is CC(C)c1ccc(CN(C)C(=O)C2NCCCC2C)cc1. The first-order valence-electron chi connectivity index (χ1n) is 8.06. The minimum atomic E-state index is -0.0151. The van der Waals surface area contributed by atoms with Gasteiger partial charge in [-0.05, 0) is 42.3 Å². The summed E-state index contributed by atoms with van der Waals surface area (Å²) in [5.74, 6) is 1.19. The predicted molar refractivity (Wildman–Crippen MR) is 87.2 cm³/mol. The number of hydrogen-bond donors (Lipinski definition) is 1. The number of hydrogen-bond acceptors (Lipinski definition) is 2. The molecule has 1 aromatic rings. The molecule has 1 aliphatic rings. The maximum absolute atomic E-state index is 12.6. The highest BCUT2D eigenvalue weighted by Gasteiger charge is 2.29. The van der Waals surface area contributed by atoms with Gasteiger partial charge >= 0.3 is 0 Å². The average molecular weight is 288 g/mol. The first-order chi connectivity index (χ1) is 9.99. The lowest BCUT2D eigenvalue weighted by Crippen LogP contribution is -2.51. The molecule has 2 unspecified atom stereocenters. The number of amides is 1. The summed E-state index contributed by atoms with van der Waals surface area (Å²) < 4.78 is 0. The first-order valence-corrected chi connectivity index (χ1v) is 8.06. The molecule has 3 nitrogen and oxygen atoms in total. The van der Waals surface area contributed by atoms with Crippen LogP contribution in [-0.2, 0) is 11.3 Å². The fourth-order valence-electron chi connectivity index (χ4n) is 2.98. The molecule has 0 radical (unpaired) electrons. The zero-order valence-corrected chi connectivity index (χ0v) is 13.7. The number of rotatable bonds is 4. The van der Waals surface area contributed by atoms with Crippen LogP contribution in [0.3, 0.4) is 0 Å². The fourth-order valence-corrected chi connectivity index (χ4v) is 2.98. The highest BCUT2D eigenvalue weighted by molar-refractivity contribution is 5.82. The van der Waals surface area contributed by atoms with Crippen LogP contribution in [0.5, 0.6) is 0 Å². The van der Waals surface area contributed by atoms with E-state index in [0.29, 0.717) is 18.4 Å². The molecular weight excluding hydrogens is 260 g/mol. The normalized spacial score (nSPS) is 22.3. The smallest absolute Gasteiger partial charge is 0.240 e. The molecule has 1 amide bonds. The molecule has 0 spiro atoms. The van der Waals surface area contributed by atoms with E-state index in [2.05, 4.69) is 50.4 Å². The summed E-state index contributed by atoms with van der Waals surface area (Å²) in [6.07, 6.45) is 2.31. The molecule has 21 heavy (non-hydrogen) atoms. The number of nitrogens with zero attached hydrogens (tertiary/aromatic N) is 1. The molecule has 0 saturated carbocycles. The largest absolute Gasteiger partial charge is 0.340 e. The third-order valence-corrected chi connectivity index (χ3v) is 4.48. The molecule has 1 heterocycles. The molecule has 1 aromatic carbocycles. The van der Waals surface area contributed by atoms with Crippen LogP contribution in [0.1, 0.15) is 50.7 Å². The van der Waals surface area contributed by atoms with Crippen LogP contribution < -0.4 is 5.32 Å². The first kappa shape index (κ1) is 16.0. The lowest BCUT2D eigenvalue weighted by molar-refractivity contribution is -0.134. The maximum atomic E-state index is 12.6. The molecule has 1 N–H and O–H groups in total. The molecule has 2 atom stereocenters. The molecular formula is C18H28N2O. The number of carbonyl (C=O) groups excluding carboxylic acids is 1. The quantitative estimate of drug-likeness (QED) is 0.923. The fraction of sp³-hybridized carbons (Fsp3) is 0.611. The highest BCUT2D eigenvalue weighted by atomic mass is 16.2. The minimum Gasteiger partial charge on any atom is -0.340 e. The third-order valence-electron chi connectivity index (χ3n) is 4.48. The van der Waals surface area contributed by atoms with Gasteiger partial charge in [0.05, 0.1) is 6.04 Å². The summed E-state index contributed by atoms with van der Waals surface area (Å²) in [6.45, 7) is 8.20. The van der Waals surface area contributed by atoms with Crippen molar-refractivity contribution < 1.29 is 4.79 Å². The second-order valence-electron chi connectivity index (χ2n) is 6.64. The van der Waals surface area contributed by atoms with Gasteiger partial charge in [-0.25, -0.2) is 0 Å². The van der Waals surface area contributed by atoms with Crippen molar-refractivity contribution >= 4 is 5.91 Å². The summed E-state index contributed by atoms with van der Waals surface area (Å²) in [5.41, 5.74) is 2.54. The maximum Gasteiger partial charge on any atom is 0.240 e. The van der Waals surface area contributed by atoms with Gasteiger partial charge in [0.25, 0.3) is 0 Å². The monoisotopic (exact) mass is 288 g/mol. The van der Waals surface area contributed by atoms with E-state index in [-0.39, 0.29) is 11.9 Å². The van der Waals surface area contributed by atoms with E-state index in [1.807, 2.05) is 11.9 Å². The van der Waals surface area contributed by atoms with Gasteiger partial charge < -0.3 is 10.2 Å². The van der Waals surface area contributed by atoms with Crippen LogP contribution in [0.15, 0.2) is 24.3 Å². The van der Waals surface area contributed by atoms with Crippen molar-refractivity contribution in [3.63, 3.8) is 0 Å². The Labute approximate surface area is 128 Å². The van der Waals surface area contributed by atoms with Crippen molar-refractivity contribution in [2.75, 3.05) is 13.6 Å². The number of nitrogens with one attached hydrogen (secondary N) is 1. The van der Waals surface area contributed by atoms with Gasteiger partial charge in [0.15, 0.2) is 0 Å². The molecule has 0 aliphatic carbocycles. The second kappa shape index (κ2) is 7.08. The Morgan fingerprint density at radius 1 is 1.33 bits per heavy atom. The predicted octanol–water partition coefficient (Wildman–Crippen LogP) is 3.16. The van der Waals surface area contributed by atoms with Crippen LogP contribution in [0, 0.1) is 5.92 Å². The summed E-state index contributed by atoms with van der Waals surface area (Å²) in [4.78, 5) is 14.4. The Bertz CT molecular complexity index is 467. The zero-order valence-electron chi connectivity index (χ0n) is 13.7. The molecule has 0 aromatic heterocycles. The number of carbonyl (C=O) groups is 1. The van der Waals surface area contributed by atoms with Gasteiger partial charge in [-0.3, -0.25) is 4.79 Å². The van der Waals surface area contributed by atoms with Gasteiger partial charge in [-0.2, -0.15) is 0 Å². The van der Waals surface area contributed by atoms with Crippen LogP contribution in [-0.4, -0.2) is 30.4 Å². The average Bonchev–Trinajstić information content (AvgIpc) is 2.47. The molecule has 1 saturated heterocycles. The number of piperidine rings is 1. The van der Waals surface area contributed by atoms with Crippen molar-refractivity contribution in [1.82, 2.24) is 10.2 Å². The van der Waals surface area contributed by atoms with Gasteiger partial charge in [-0.1, -0.05) is 45.0 Å². The Hall–Kier alpha value is -1.35. The van der Waals surface area contributed by atoms with Crippen molar-refractivity contribution in [2.24, 2.45) is 5.92 Å². The molecule has 3 heteroatoms.